The summed E-state index contributed by atoms with van der Waals surface area (Å²) in [6, 6.07) is 0. The highest BCUT2D eigenvalue weighted by Crippen LogP contribution is 2.23. The van der Waals surface area contributed by atoms with Crippen molar-refractivity contribution in [2.45, 2.75) is 39.1 Å². The van der Waals surface area contributed by atoms with Gasteiger partial charge in [-0.1, -0.05) is 6.92 Å². The van der Waals surface area contributed by atoms with Crippen molar-refractivity contribution in [1.29, 1.82) is 0 Å². The van der Waals surface area contributed by atoms with Gasteiger partial charge in [-0.3, -0.25) is 0 Å². The Balaban J connectivity index is 0.000000810. The number of ether oxygens (including phenoxy) is 2. The van der Waals surface area contributed by atoms with Gasteiger partial charge >= 0.3 is 0 Å². The topological polar surface area (TPSA) is 18.5 Å². The van der Waals surface area contributed by atoms with Gasteiger partial charge in [-0.2, -0.15) is 13.5 Å². The summed E-state index contributed by atoms with van der Waals surface area (Å²) in [5, 5.41) is 0. The van der Waals surface area contributed by atoms with Crippen LogP contribution in [-0.4, -0.2) is 18.5 Å². The van der Waals surface area contributed by atoms with E-state index in [2.05, 4.69) is 6.92 Å². The fraction of sp³-hybridized carbons (Fsp3) is 1.00. The minimum absolute atomic E-state index is 0. The summed E-state index contributed by atoms with van der Waals surface area (Å²) in [7, 11) is 0. The Hall–Kier alpha value is 0.270. The molecule has 10 heavy (non-hydrogen) atoms. The van der Waals surface area contributed by atoms with Gasteiger partial charge in [0.2, 0.25) is 0 Å². The minimum Gasteiger partial charge on any atom is -0.348 e. The molecule has 1 heterocycles. The van der Waals surface area contributed by atoms with Crippen LogP contribution in [0.4, 0.5) is 0 Å². The maximum atomic E-state index is 5.48. The van der Waals surface area contributed by atoms with E-state index < -0.39 is 0 Å². The van der Waals surface area contributed by atoms with Crippen molar-refractivity contribution in [3.05, 3.63) is 0 Å². The molecule has 0 N–H and O–H groups in total. The lowest BCUT2D eigenvalue weighted by atomic mass is 10.3. The van der Waals surface area contributed by atoms with Gasteiger partial charge in [0.1, 0.15) is 0 Å². The Morgan fingerprint density at radius 2 is 2.10 bits per heavy atom. The second-order valence-corrected chi connectivity index (χ2v) is 2.86. The third-order valence-corrected chi connectivity index (χ3v) is 1.52. The van der Waals surface area contributed by atoms with Gasteiger partial charge in [0.25, 0.3) is 0 Å². The largest absolute Gasteiger partial charge is 0.348 e. The SMILES string of the molecule is CC[C@@H]1COC(C)(C)O1.S. The molecule has 0 unspecified atom stereocenters. The molecule has 0 aliphatic carbocycles. The first-order chi connectivity index (χ1) is 4.14. The van der Waals surface area contributed by atoms with Crippen molar-refractivity contribution in [3.8, 4) is 0 Å². The van der Waals surface area contributed by atoms with Crippen molar-refractivity contribution in [2.24, 2.45) is 0 Å². The maximum Gasteiger partial charge on any atom is 0.163 e. The predicted octanol–water partition coefficient (Wildman–Crippen LogP) is 1.66. The molecule has 1 aliphatic heterocycles. The maximum absolute atomic E-state index is 5.48. The van der Waals surface area contributed by atoms with Gasteiger partial charge in [-0.05, 0) is 20.3 Å². The highest BCUT2D eigenvalue weighted by atomic mass is 32.1. The molecule has 0 aromatic heterocycles. The second kappa shape index (κ2) is 3.60. The summed E-state index contributed by atoms with van der Waals surface area (Å²) < 4.78 is 10.8. The molecule has 0 aromatic rings. The third kappa shape index (κ3) is 2.48. The van der Waals surface area contributed by atoms with E-state index in [9.17, 15) is 0 Å². The van der Waals surface area contributed by atoms with Crippen LogP contribution in [0.3, 0.4) is 0 Å². The molecular weight excluding hydrogens is 148 g/mol. The van der Waals surface area contributed by atoms with Crippen LogP contribution in [0.5, 0.6) is 0 Å². The van der Waals surface area contributed by atoms with Crippen LogP contribution in [0.15, 0.2) is 0 Å². The molecule has 1 rings (SSSR count). The lowest BCUT2D eigenvalue weighted by molar-refractivity contribution is -0.138. The average molecular weight is 164 g/mol. The summed E-state index contributed by atoms with van der Waals surface area (Å²) >= 11 is 0. The zero-order chi connectivity index (χ0) is 6.91. The Morgan fingerprint density at radius 3 is 2.30 bits per heavy atom. The van der Waals surface area contributed by atoms with E-state index in [0.29, 0.717) is 6.10 Å². The molecule has 0 radical (unpaired) electrons. The molecule has 1 fully saturated rings. The Labute approximate surface area is 69.3 Å². The van der Waals surface area contributed by atoms with E-state index in [-0.39, 0.29) is 19.3 Å². The molecule has 0 aromatic carbocycles. The summed E-state index contributed by atoms with van der Waals surface area (Å²) in [6.45, 7) is 6.75. The van der Waals surface area contributed by atoms with Crippen LogP contribution in [-0.2, 0) is 9.47 Å². The first-order valence-corrected chi connectivity index (χ1v) is 3.46. The number of rotatable bonds is 1. The molecule has 1 aliphatic rings. The van der Waals surface area contributed by atoms with E-state index in [1.54, 1.807) is 0 Å². The smallest absolute Gasteiger partial charge is 0.163 e. The van der Waals surface area contributed by atoms with E-state index in [4.69, 9.17) is 9.47 Å². The fourth-order valence-electron chi connectivity index (χ4n) is 0.964. The quantitative estimate of drug-likeness (QED) is 0.587. The van der Waals surface area contributed by atoms with Crippen LogP contribution in [0, 0.1) is 0 Å². The Bertz CT molecular complexity index is 104. The molecule has 0 bridgehead atoms. The van der Waals surface area contributed by atoms with Gasteiger partial charge in [-0.15, -0.1) is 0 Å². The molecule has 62 valence electrons. The Morgan fingerprint density at radius 1 is 1.50 bits per heavy atom. The standard InChI is InChI=1S/C7H14O2.H2S/c1-4-6-5-8-7(2,3)9-6;/h6H,4-5H2,1-3H3;1H2/t6-;/m1./s1. The van der Waals surface area contributed by atoms with Crippen LogP contribution in [0.2, 0.25) is 0 Å². The molecule has 1 saturated heterocycles. The first kappa shape index (κ1) is 10.3. The lowest BCUT2D eigenvalue weighted by Gasteiger charge is -2.16. The fourth-order valence-corrected chi connectivity index (χ4v) is 0.964. The van der Waals surface area contributed by atoms with Crippen LogP contribution in [0.1, 0.15) is 27.2 Å². The van der Waals surface area contributed by atoms with Crippen molar-refractivity contribution in [2.75, 3.05) is 6.61 Å². The second-order valence-electron chi connectivity index (χ2n) is 2.86. The van der Waals surface area contributed by atoms with E-state index in [1.807, 2.05) is 13.8 Å². The number of hydrogen-bond acceptors (Lipinski definition) is 2. The molecular formula is C7H16O2S. The molecule has 0 spiro atoms. The van der Waals surface area contributed by atoms with Crippen LogP contribution >= 0.6 is 13.5 Å². The third-order valence-electron chi connectivity index (χ3n) is 1.52. The highest BCUT2D eigenvalue weighted by molar-refractivity contribution is 7.59. The van der Waals surface area contributed by atoms with E-state index in [0.717, 1.165) is 13.0 Å². The monoisotopic (exact) mass is 164 g/mol. The molecule has 0 saturated carbocycles. The normalized spacial score (nSPS) is 29.7. The summed E-state index contributed by atoms with van der Waals surface area (Å²) in [4.78, 5) is 0. The van der Waals surface area contributed by atoms with Crippen LogP contribution in [0.25, 0.3) is 0 Å². The average Bonchev–Trinajstić information content (AvgIpc) is 2.10. The molecule has 2 nitrogen and oxygen atoms in total. The van der Waals surface area contributed by atoms with Gasteiger partial charge in [0.05, 0.1) is 12.7 Å². The van der Waals surface area contributed by atoms with Gasteiger partial charge in [0, 0.05) is 0 Å². The molecule has 3 heteroatoms. The van der Waals surface area contributed by atoms with E-state index >= 15 is 0 Å². The van der Waals surface area contributed by atoms with Crippen molar-refractivity contribution in [1.82, 2.24) is 0 Å². The zero-order valence-electron chi connectivity index (χ0n) is 6.81. The van der Waals surface area contributed by atoms with E-state index in [1.165, 1.54) is 0 Å². The van der Waals surface area contributed by atoms with Crippen molar-refractivity contribution < 1.29 is 9.47 Å². The van der Waals surface area contributed by atoms with Gasteiger partial charge < -0.3 is 9.47 Å². The van der Waals surface area contributed by atoms with Crippen LogP contribution < -0.4 is 0 Å². The Kier molecular flexibility index (Phi) is 3.70. The lowest BCUT2D eigenvalue weighted by Crippen LogP contribution is -2.21. The van der Waals surface area contributed by atoms with Crippen molar-refractivity contribution in [3.63, 3.8) is 0 Å². The van der Waals surface area contributed by atoms with Crippen molar-refractivity contribution >= 4 is 13.5 Å². The predicted molar refractivity (Wildman–Crippen MR) is 45.6 cm³/mol. The minimum atomic E-state index is -0.333. The van der Waals surface area contributed by atoms with Gasteiger partial charge in [0.15, 0.2) is 5.79 Å². The highest BCUT2D eigenvalue weighted by Gasteiger charge is 2.31. The molecule has 1 atom stereocenters. The van der Waals surface area contributed by atoms with Gasteiger partial charge in [-0.25, -0.2) is 0 Å². The first-order valence-electron chi connectivity index (χ1n) is 3.46. The summed E-state index contributed by atoms with van der Waals surface area (Å²) in [5.41, 5.74) is 0. The molecule has 0 amide bonds. The zero-order valence-corrected chi connectivity index (χ0v) is 7.81. The summed E-state index contributed by atoms with van der Waals surface area (Å²) in [5.74, 6) is -0.333. The number of hydrogen-bond donors (Lipinski definition) is 0. The summed E-state index contributed by atoms with van der Waals surface area (Å²) in [6.07, 6.45) is 1.36.